The number of aryl methyl sites for hydroxylation is 1. The Labute approximate surface area is 137 Å². The summed E-state index contributed by atoms with van der Waals surface area (Å²) in [5, 5.41) is 26.8. The van der Waals surface area contributed by atoms with Gasteiger partial charge < -0.3 is 14.6 Å². The van der Waals surface area contributed by atoms with E-state index in [0.29, 0.717) is 28.7 Å². The average molecular weight is 329 g/mol. The number of carboxylic acid groups (broad SMARTS) is 1. The van der Waals surface area contributed by atoms with E-state index in [4.69, 9.17) is 10.00 Å². The third kappa shape index (κ3) is 4.86. The number of thioether (sulfide) groups is 1. The lowest BCUT2D eigenvalue weighted by molar-refractivity contribution is -0.297. The predicted molar refractivity (Wildman–Crippen MR) is 82.2 cm³/mol. The second-order valence-electron chi connectivity index (χ2n) is 4.34. The van der Waals surface area contributed by atoms with Crippen molar-refractivity contribution in [2.45, 2.75) is 18.5 Å². The smallest absolute Gasteiger partial charge is 0.213 e. The van der Waals surface area contributed by atoms with E-state index in [0.717, 1.165) is 11.8 Å². The number of nitrogens with one attached hydrogen (secondary N) is 1. The van der Waals surface area contributed by atoms with Crippen LogP contribution in [0.3, 0.4) is 0 Å². The molecule has 8 heteroatoms. The van der Waals surface area contributed by atoms with Gasteiger partial charge in [-0.3, -0.25) is 5.10 Å². The number of nitrogens with zero attached hydrogens (tertiary/aromatic N) is 3. The normalized spacial score (nSPS) is 11.0. The Hall–Kier alpha value is -2.79. The standard InChI is InChI=1S/C15H14N4O3S/c1-2-13-17-15(19-18-13)23-12(14(20)21)9-10-4-3-5-11(8-10)22-7-6-16/h3-5,8-9H,2,7H2,1H3,(H,20,21)(H,17,18,19)/p-1/b12-9-. The Morgan fingerprint density at radius 3 is 3.04 bits per heavy atom. The Morgan fingerprint density at radius 1 is 1.57 bits per heavy atom. The molecule has 0 aliphatic rings. The van der Waals surface area contributed by atoms with Gasteiger partial charge in [-0.1, -0.05) is 19.1 Å². The van der Waals surface area contributed by atoms with Crippen molar-refractivity contribution in [2.24, 2.45) is 0 Å². The first-order valence-corrected chi connectivity index (χ1v) is 7.56. The summed E-state index contributed by atoms with van der Waals surface area (Å²) < 4.78 is 5.18. The van der Waals surface area contributed by atoms with Crippen molar-refractivity contribution in [1.29, 1.82) is 5.26 Å². The number of aliphatic carboxylic acids is 1. The molecule has 0 saturated carbocycles. The second kappa shape index (κ2) is 8.00. The van der Waals surface area contributed by atoms with Gasteiger partial charge in [-0.2, -0.15) is 5.26 Å². The number of benzene rings is 1. The fraction of sp³-hybridized carbons (Fsp3) is 0.200. The van der Waals surface area contributed by atoms with E-state index < -0.39 is 5.97 Å². The maximum atomic E-state index is 11.3. The molecule has 0 aliphatic carbocycles. The number of rotatable bonds is 7. The van der Waals surface area contributed by atoms with Crippen molar-refractivity contribution in [3.8, 4) is 11.8 Å². The van der Waals surface area contributed by atoms with Crippen LogP contribution in [0, 0.1) is 11.3 Å². The average Bonchev–Trinajstić information content (AvgIpc) is 3.00. The lowest BCUT2D eigenvalue weighted by Gasteiger charge is -2.07. The summed E-state index contributed by atoms with van der Waals surface area (Å²) >= 11 is 0.904. The van der Waals surface area contributed by atoms with Crippen LogP contribution in [-0.4, -0.2) is 27.8 Å². The van der Waals surface area contributed by atoms with Crippen LogP contribution in [0.25, 0.3) is 6.08 Å². The molecule has 1 aromatic carbocycles. The molecule has 0 atom stereocenters. The first-order chi connectivity index (χ1) is 11.1. The number of hydrogen-bond donors (Lipinski definition) is 1. The van der Waals surface area contributed by atoms with Crippen LogP contribution in [0.2, 0.25) is 0 Å². The number of carbonyl (C=O) groups excluding carboxylic acids is 1. The van der Waals surface area contributed by atoms with Crippen molar-refractivity contribution in [3.05, 3.63) is 40.6 Å². The fourth-order valence-corrected chi connectivity index (χ4v) is 2.39. The van der Waals surface area contributed by atoms with E-state index in [1.165, 1.54) is 6.08 Å². The Morgan fingerprint density at radius 2 is 2.39 bits per heavy atom. The van der Waals surface area contributed by atoms with Crippen molar-refractivity contribution < 1.29 is 14.6 Å². The van der Waals surface area contributed by atoms with Crippen molar-refractivity contribution in [3.63, 3.8) is 0 Å². The van der Waals surface area contributed by atoms with Crippen LogP contribution in [0.15, 0.2) is 34.3 Å². The number of nitriles is 1. The first kappa shape index (κ1) is 16.6. The molecular weight excluding hydrogens is 316 g/mol. The molecule has 0 amide bonds. The van der Waals surface area contributed by atoms with E-state index >= 15 is 0 Å². The van der Waals surface area contributed by atoms with Gasteiger partial charge in [-0.15, -0.1) is 5.10 Å². The molecule has 1 aromatic heterocycles. The minimum absolute atomic E-state index is 0.0240. The van der Waals surface area contributed by atoms with Gasteiger partial charge in [0.25, 0.3) is 0 Å². The molecule has 0 unspecified atom stereocenters. The summed E-state index contributed by atoms with van der Waals surface area (Å²) in [7, 11) is 0. The zero-order chi connectivity index (χ0) is 16.7. The first-order valence-electron chi connectivity index (χ1n) is 6.74. The van der Waals surface area contributed by atoms with Gasteiger partial charge in [0.15, 0.2) is 6.61 Å². The highest BCUT2D eigenvalue weighted by molar-refractivity contribution is 8.04. The molecule has 0 spiro atoms. The number of aromatic amines is 1. The van der Waals surface area contributed by atoms with Crippen LogP contribution in [-0.2, 0) is 11.2 Å². The molecule has 7 nitrogen and oxygen atoms in total. The number of H-pyrrole nitrogens is 1. The number of aromatic nitrogens is 3. The third-order valence-electron chi connectivity index (χ3n) is 2.71. The zero-order valence-electron chi connectivity index (χ0n) is 12.3. The summed E-state index contributed by atoms with van der Waals surface area (Å²) in [4.78, 5) is 15.4. The highest BCUT2D eigenvalue weighted by Gasteiger charge is 2.08. The second-order valence-corrected chi connectivity index (χ2v) is 5.34. The molecule has 2 rings (SSSR count). The molecule has 118 valence electrons. The lowest BCUT2D eigenvalue weighted by Crippen LogP contribution is -2.23. The fourth-order valence-electron chi connectivity index (χ4n) is 1.67. The maximum absolute atomic E-state index is 11.3. The summed E-state index contributed by atoms with van der Waals surface area (Å²) in [5.41, 5.74) is 0.610. The molecular formula is C15H13N4O3S-. The van der Waals surface area contributed by atoms with E-state index in [-0.39, 0.29) is 11.5 Å². The van der Waals surface area contributed by atoms with Gasteiger partial charge in [0.05, 0.1) is 5.97 Å². The van der Waals surface area contributed by atoms with E-state index in [9.17, 15) is 9.90 Å². The SMILES string of the molecule is CCc1nc(S/C(=C\c2cccc(OCC#N)c2)C(=O)[O-])n[nH]1. The molecule has 0 bridgehead atoms. The summed E-state index contributed by atoms with van der Waals surface area (Å²) in [5.74, 6) is -0.160. The molecule has 1 heterocycles. The van der Waals surface area contributed by atoms with Gasteiger partial charge in [0.2, 0.25) is 5.16 Å². The monoisotopic (exact) mass is 329 g/mol. The summed E-state index contributed by atoms with van der Waals surface area (Å²) in [6.45, 7) is 1.84. The van der Waals surface area contributed by atoms with Crippen LogP contribution >= 0.6 is 11.8 Å². The molecule has 0 saturated heterocycles. The minimum atomic E-state index is -1.32. The van der Waals surface area contributed by atoms with Gasteiger partial charge in [0.1, 0.15) is 17.6 Å². The van der Waals surface area contributed by atoms with E-state index in [2.05, 4.69) is 15.2 Å². The molecule has 0 radical (unpaired) electrons. The summed E-state index contributed by atoms with van der Waals surface area (Å²) in [6.07, 6.45) is 2.12. The number of carbonyl (C=O) groups is 1. The van der Waals surface area contributed by atoms with E-state index in [1.807, 2.05) is 13.0 Å². The molecule has 1 N–H and O–H groups in total. The van der Waals surface area contributed by atoms with Gasteiger partial charge >= 0.3 is 0 Å². The molecule has 0 fully saturated rings. The lowest BCUT2D eigenvalue weighted by atomic mass is 10.2. The zero-order valence-corrected chi connectivity index (χ0v) is 13.1. The van der Waals surface area contributed by atoms with Gasteiger partial charge in [-0.25, -0.2) is 4.98 Å². The molecule has 23 heavy (non-hydrogen) atoms. The van der Waals surface area contributed by atoms with Crippen LogP contribution in [0.5, 0.6) is 5.75 Å². The number of carboxylic acids is 1. The van der Waals surface area contributed by atoms with Gasteiger partial charge in [0, 0.05) is 11.3 Å². The maximum Gasteiger partial charge on any atom is 0.213 e. The highest BCUT2D eigenvalue weighted by atomic mass is 32.2. The van der Waals surface area contributed by atoms with Crippen LogP contribution < -0.4 is 9.84 Å². The molecule has 0 aliphatic heterocycles. The summed E-state index contributed by atoms with van der Waals surface area (Å²) in [6, 6.07) is 8.62. The quantitative estimate of drug-likeness (QED) is 0.598. The van der Waals surface area contributed by atoms with Crippen molar-refractivity contribution in [2.75, 3.05) is 6.61 Å². The van der Waals surface area contributed by atoms with Crippen molar-refractivity contribution in [1.82, 2.24) is 15.2 Å². The Bertz CT molecular complexity index is 764. The number of hydrogen-bond acceptors (Lipinski definition) is 7. The Kier molecular flexibility index (Phi) is 5.77. The van der Waals surface area contributed by atoms with Gasteiger partial charge in [-0.05, 0) is 35.5 Å². The van der Waals surface area contributed by atoms with Crippen LogP contribution in [0.1, 0.15) is 18.3 Å². The third-order valence-corrected chi connectivity index (χ3v) is 3.58. The highest BCUT2D eigenvalue weighted by Crippen LogP contribution is 2.26. The van der Waals surface area contributed by atoms with Crippen molar-refractivity contribution >= 4 is 23.8 Å². The molecule has 2 aromatic rings. The minimum Gasteiger partial charge on any atom is -0.544 e. The predicted octanol–water partition coefficient (Wildman–Crippen LogP) is 1.15. The Balaban J connectivity index is 2.21. The number of ether oxygens (including phenoxy) is 1. The van der Waals surface area contributed by atoms with E-state index in [1.54, 1.807) is 24.3 Å². The topological polar surface area (TPSA) is 115 Å². The van der Waals surface area contributed by atoms with Crippen LogP contribution in [0.4, 0.5) is 0 Å². The largest absolute Gasteiger partial charge is 0.544 e.